The molecule has 82 valence electrons. The first-order chi connectivity index (χ1) is 6.91. The second-order valence-corrected chi connectivity index (χ2v) is 3.94. The van der Waals surface area contributed by atoms with Gasteiger partial charge in [-0.3, -0.25) is 0 Å². The van der Waals surface area contributed by atoms with Crippen LogP contribution >= 0.6 is 0 Å². The van der Waals surface area contributed by atoms with Crippen LogP contribution in [0.5, 0.6) is 0 Å². The lowest BCUT2D eigenvalue weighted by Gasteiger charge is -2.11. The number of aliphatic hydroxyl groups is 1. The maximum Gasteiger partial charge on any atom is 0.335 e. The van der Waals surface area contributed by atoms with E-state index in [2.05, 4.69) is 0 Å². The largest absolute Gasteiger partial charge is 0.478 e. The van der Waals surface area contributed by atoms with Gasteiger partial charge in [-0.1, -0.05) is 0 Å². The molecule has 3 nitrogen and oxygen atoms in total. The third-order valence-corrected chi connectivity index (χ3v) is 2.54. The Morgan fingerprint density at radius 1 is 1.40 bits per heavy atom. The Morgan fingerprint density at radius 2 is 2.00 bits per heavy atom. The highest BCUT2D eigenvalue weighted by Crippen LogP contribution is 2.18. The van der Waals surface area contributed by atoms with Crippen molar-refractivity contribution in [1.82, 2.24) is 0 Å². The highest BCUT2D eigenvalue weighted by atomic mass is 16.4. The van der Waals surface area contributed by atoms with Crippen molar-refractivity contribution in [2.24, 2.45) is 0 Å². The number of carboxylic acid groups (broad SMARTS) is 1. The Labute approximate surface area is 89.4 Å². The van der Waals surface area contributed by atoms with Gasteiger partial charge in [0, 0.05) is 0 Å². The molecule has 0 aromatic heterocycles. The summed E-state index contributed by atoms with van der Waals surface area (Å²) in [6, 6.07) is 3.29. The molecule has 0 spiro atoms. The zero-order valence-corrected chi connectivity index (χ0v) is 9.24. The van der Waals surface area contributed by atoms with E-state index >= 15 is 0 Å². The van der Waals surface area contributed by atoms with E-state index < -0.39 is 12.1 Å². The molecule has 0 saturated heterocycles. The van der Waals surface area contributed by atoms with Gasteiger partial charge in [-0.05, 0) is 56.0 Å². The molecule has 0 bridgehead atoms. The highest BCUT2D eigenvalue weighted by molar-refractivity contribution is 5.88. The summed E-state index contributed by atoms with van der Waals surface area (Å²) in [5.41, 5.74) is 3.20. The van der Waals surface area contributed by atoms with E-state index in [1.165, 1.54) is 0 Å². The van der Waals surface area contributed by atoms with E-state index in [9.17, 15) is 9.90 Å². The third-order valence-electron chi connectivity index (χ3n) is 2.54. The van der Waals surface area contributed by atoms with Gasteiger partial charge < -0.3 is 10.2 Å². The monoisotopic (exact) mass is 208 g/mol. The second kappa shape index (κ2) is 4.45. The van der Waals surface area contributed by atoms with Gasteiger partial charge in [0.05, 0.1) is 11.7 Å². The molecular formula is C12H16O3. The maximum absolute atomic E-state index is 10.8. The van der Waals surface area contributed by atoms with Gasteiger partial charge in [0.2, 0.25) is 0 Å². The summed E-state index contributed by atoms with van der Waals surface area (Å²) >= 11 is 0. The molecule has 1 atom stereocenters. The Hall–Kier alpha value is -1.35. The van der Waals surface area contributed by atoms with Crippen LogP contribution in [0.15, 0.2) is 12.1 Å². The lowest BCUT2D eigenvalue weighted by molar-refractivity contribution is 0.0696. The Kier molecular flexibility index (Phi) is 3.48. The number of hydrogen-bond acceptors (Lipinski definition) is 2. The second-order valence-electron chi connectivity index (χ2n) is 3.94. The van der Waals surface area contributed by atoms with Crippen LogP contribution in [-0.2, 0) is 6.42 Å². The molecule has 15 heavy (non-hydrogen) atoms. The number of carbonyl (C=O) groups is 1. The molecule has 1 aromatic carbocycles. The minimum Gasteiger partial charge on any atom is -0.478 e. The van der Waals surface area contributed by atoms with Crippen LogP contribution in [0, 0.1) is 13.8 Å². The average Bonchev–Trinajstić information content (AvgIpc) is 2.11. The fraction of sp³-hybridized carbons (Fsp3) is 0.417. The first kappa shape index (κ1) is 11.7. The molecule has 0 amide bonds. The summed E-state index contributed by atoms with van der Waals surface area (Å²) in [4.78, 5) is 10.8. The fourth-order valence-corrected chi connectivity index (χ4v) is 1.59. The summed E-state index contributed by atoms with van der Waals surface area (Å²) in [6.07, 6.45) is 0.0421. The number of carboxylic acids is 1. The average molecular weight is 208 g/mol. The zero-order valence-electron chi connectivity index (χ0n) is 9.24. The van der Waals surface area contributed by atoms with Crippen LogP contribution in [-0.4, -0.2) is 22.3 Å². The van der Waals surface area contributed by atoms with Crippen molar-refractivity contribution in [2.75, 3.05) is 0 Å². The molecule has 1 unspecified atom stereocenters. The van der Waals surface area contributed by atoms with E-state index in [0.717, 1.165) is 16.7 Å². The summed E-state index contributed by atoms with van der Waals surface area (Å²) in [5, 5.41) is 18.2. The maximum atomic E-state index is 10.8. The van der Waals surface area contributed by atoms with E-state index in [1.54, 1.807) is 19.1 Å². The van der Waals surface area contributed by atoms with E-state index in [1.807, 2.05) is 13.8 Å². The van der Waals surface area contributed by atoms with Crippen molar-refractivity contribution < 1.29 is 15.0 Å². The van der Waals surface area contributed by atoms with E-state index in [-0.39, 0.29) is 5.56 Å². The number of rotatable bonds is 3. The van der Waals surface area contributed by atoms with Gasteiger partial charge in [-0.25, -0.2) is 4.79 Å². The number of aromatic carboxylic acids is 1. The first-order valence-corrected chi connectivity index (χ1v) is 4.93. The third kappa shape index (κ3) is 2.80. The standard InChI is InChI=1S/C12H16O3/c1-7-4-11(12(14)15)6-10(9(7)3)5-8(2)13/h4,6,8,13H,5H2,1-3H3,(H,14,15). The SMILES string of the molecule is Cc1cc(C(=O)O)cc(CC(C)O)c1C. The lowest BCUT2D eigenvalue weighted by Crippen LogP contribution is -2.08. The Balaban J connectivity index is 3.19. The van der Waals surface area contributed by atoms with Gasteiger partial charge in [0.25, 0.3) is 0 Å². The minimum absolute atomic E-state index is 0.286. The molecule has 1 rings (SSSR count). The molecule has 2 N–H and O–H groups in total. The van der Waals surface area contributed by atoms with Crippen LogP contribution in [0.2, 0.25) is 0 Å². The van der Waals surface area contributed by atoms with Gasteiger partial charge >= 0.3 is 5.97 Å². The summed E-state index contributed by atoms with van der Waals surface area (Å²) in [5.74, 6) is -0.926. The Bertz CT molecular complexity index is 381. The van der Waals surface area contributed by atoms with Crippen molar-refractivity contribution in [1.29, 1.82) is 0 Å². The predicted molar refractivity (Wildman–Crippen MR) is 58.3 cm³/mol. The van der Waals surface area contributed by atoms with Crippen molar-refractivity contribution in [3.8, 4) is 0 Å². The van der Waals surface area contributed by atoms with Crippen LogP contribution in [0.25, 0.3) is 0 Å². The first-order valence-electron chi connectivity index (χ1n) is 4.93. The molecule has 0 aliphatic carbocycles. The number of aryl methyl sites for hydroxylation is 1. The predicted octanol–water partition coefficient (Wildman–Crippen LogP) is 1.92. The zero-order chi connectivity index (χ0) is 11.6. The summed E-state index contributed by atoms with van der Waals surface area (Å²) < 4.78 is 0. The number of hydrogen-bond donors (Lipinski definition) is 2. The topological polar surface area (TPSA) is 57.5 Å². The fourth-order valence-electron chi connectivity index (χ4n) is 1.59. The number of benzene rings is 1. The smallest absolute Gasteiger partial charge is 0.335 e. The summed E-state index contributed by atoms with van der Waals surface area (Å²) in [7, 11) is 0. The number of aliphatic hydroxyl groups excluding tert-OH is 1. The van der Waals surface area contributed by atoms with Crippen molar-refractivity contribution in [2.45, 2.75) is 33.3 Å². The van der Waals surface area contributed by atoms with Crippen LogP contribution in [0.4, 0.5) is 0 Å². The normalized spacial score (nSPS) is 12.5. The Morgan fingerprint density at radius 3 is 2.47 bits per heavy atom. The van der Waals surface area contributed by atoms with Crippen LogP contribution in [0.3, 0.4) is 0 Å². The van der Waals surface area contributed by atoms with E-state index in [4.69, 9.17) is 5.11 Å². The molecule has 1 aromatic rings. The molecule has 0 aliphatic rings. The van der Waals surface area contributed by atoms with Crippen molar-refractivity contribution in [3.63, 3.8) is 0 Å². The van der Waals surface area contributed by atoms with Gasteiger partial charge in [-0.2, -0.15) is 0 Å². The van der Waals surface area contributed by atoms with Gasteiger partial charge in [0.15, 0.2) is 0 Å². The minimum atomic E-state index is -0.926. The molecule has 0 aliphatic heterocycles. The lowest BCUT2D eigenvalue weighted by atomic mass is 9.96. The molecule has 0 heterocycles. The highest BCUT2D eigenvalue weighted by Gasteiger charge is 2.10. The van der Waals surface area contributed by atoms with Crippen molar-refractivity contribution >= 4 is 5.97 Å². The molecule has 0 saturated carbocycles. The molecule has 3 heteroatoms. The molecular weight excluding hydrogens is 192 g/mol. The van der Waals surface area contributed by atoms with Crippen molar-refractivity contribution in [3.05, 3.63) is 34.4 Å². The van der Waals surface area contributed by atoms with E-state index in [0.29, 0.717) is 6.42 Å². The van der Waals surface area contributed by atoms with Crippen LogP contribution < -0.4 is 0 Å². The quantitative estimate of drug-likeness (QED) is 0.798. The molecule has 0 radical (unpaired) electrons. The van der Waals surface area contributed by atoms with Crippen LogP contribution in [0.1, 0.15) is 34.0 Å². The summed E-state index contributed by atoms with van der Waals surface area (Å²) in [6.45, 7) is 5.52. The molecule has 0 fully saturated rings. The van der Waals surface area contributed by atoms with Gasteiger partial charge in [-0.15, -0.1) is 0 Å². The van der Waals surface area contributed by atoms with Gasteiger partial charge in [0.1, 0.15) is 0 Å².